The van der Waals surface area contributed by atoms with Gasteiger partial charge in [-0.15, -0.1) is 0 Å². The molecule has 1 aliphatic heterocycles. The molecule has 0 aromatic heterocycles. The van der Waals surface area contributed by atoms with E-state index in [0.29, 0.717) is 16.3 Å². The Morgan fingerprint density at radius 2 is 1.79 bits per heavy atom. The van der Waals surface area contributed by atoms with Crippen LogP contribution in [-0.2, 0) is 14.4 Å². The zero-order valence-corrected chi connectivity index (χ0v) is 19.9. The summed E-state index contributed by atoms with van der Waals surface area (Å²) in [5.41, 5.74) is -0.00589. The minimum absolute atomic E-state index is 0.0835. The number of nitrogens with one attached hydrogen (secondary N) is 2. The molecule has 192 valence electrons. The van der Waals surface area contributed by atoms with Crippen molar-refractivity contribution >= 4 is 46.9 Å². The van der Waals surface area contributed by atoms with E-state index in [9.17, 15) is 29.3 Å². The molecule has 1 aliphatic rings. The second kappa shape index (κ2) is 11.0. The summed E-state index contributed by atoms with van der Waals surface area (Å²) in [4.78, 5) is 61.5. The average Bonchev–Trinajstić information content (AvgIpc) is 2.91. The summed E-state index contributed by atoms with van der Waals surface area (Å²) in [6.07, 6.45) is 1.21. The number of benzene rings is 3. The number of hydrogen-bond acceptors (Lipinski definition) is 8. The van der Waals surface area contributed by atoms with E-state index in [2.05, 4.69) is 10.6 Å². The number of amides is 5. The van der Waals surface area contributed by atoms with E-state index in [4.69, 9.17) is 9.47 Å². The standard InChI is InChI=1S/C26H20N4O8/c1-37-20-11-9-17(10-12-20)27-23(31)15-38-22-8-3-2-5-16(22)13-21-24(32)28-26(34)29(25(21)33)18-6-4-7-19(14-18)30(35)36/h2-14H,15H2,1H3,(H,27,31)(H,28,32,34)/b21-13-. The summed E-state index contributed by atoms with van der Waals surface area (Å²) in [7, 11) is 1.53. The van der Waals surface area contributed by atoms with Crippen LogP contribution in [0.25, 0.3) is 6.08 Å². The number of carbonyl (C=O) groups excluding carboxylic acids is 4. The zero-order valence-electron chi connectivity index (χ0n) is 19.9. The van der Waals surface area contributed by atoms with Gasteiger partial charge in [0, 0.05) is 23.4 Å². The number of nitro benzene ring substituents is 1. The fourth-order valence-electron chi connectivity index (χ4n) is 3.54. The van der Waals surface area contributed by atoms with Gasteiger partial charge in [0.1, 0.15) is 17.1 Å². The van der Waals surface area contributed by atoms with Crippen molar-refractivity contribution in [1.29, 1.82) is 0 Å². The summed E-state index contributed by atoms with van der Waals surface area (Å²) in [5.74, 6) is -1.55. The number of nitrogens with zero attached hydrogens (tertiary/aromatic N) is 2. The maximum atomic E-state index is 13.2. The van der Waals surface area contributed by atoms with Gasteiger partial charge in [0.15, 0.2) is 6.61 Å². The highest BCUT2D eigenvalue weighted by atomic mass is 16.6. The maximum Gasteiger partial charge on any atom is 0.335 e. The predicted molar refractivity (Wildman–Crippen MR) is 136 cm³/mol. The molecule has 4 rings (SSSR count). The first-order valence-electron chi connectivity index (χ1n) is 11.1. The Balaban J connectivity index is 1.54. The van der Waals surface area contributed by atoms with Crippen molar-refractivity contribution in [3.63, 3.8) is 0 Å². The third kappa shape index (κ3) is 5.65. The lowest BCUT2D eigenvalue weighted by atomic mass is 10.1. The topological polar surface area (TPSA) is 157 Å². The van der Waals surface area contributed by atoms with Gasteiger partial charge in [0.2, 0.25) is 0 Å². The summed E-state index contributed by atoms with van der Waals surface area (Å²) < 4.78 is 10.7. The summed E-state index contributed by atoms with van der Waals surface area (Å²) in [6.45, 7) is -0.370. The second-order valence-corrected chi connectivity index (χ2v) is 7.84. The van der Waals surface area contributed by atoms with Crippen LogP contribution in [0.4, 0.5) is 21.9 Å². The maximum absolute atomic E-state index is 13.2. The van der Waals surface area contributed by atoms with Gasteiger partial charge >= 0.3 is 6.03 Å². The van der Waals surface area contributed by atoms with Crippen molar-refractivity contribution in [2.24, 2.45) is 0 Å². The Bertz CT molecular complexity index is 1470. The van der Waals surface area contributed by atoms with Crippen molar-refractivity contribution in [1.82, 2.24) is 5.32 Å². The summed E-state index contributed by atoms with van der Waals surface area (Å²) >= 11 is 0. The van der Waals surface area contributed by atoms with E-state index in [1.54, 1.807) is 48.5 Å². The third-order valence-corrected chi connectivity index (χ3v) is 5.35. The smallest absolute Gasteiger partial charge is 0.335 e. The molecule has 0 spiro atoms. The number of ether oxygens (including phenoxy) is 2. The lowest BCUT2D eigenvalue weighted by Crippen LogP contribution is -2.54. The molecule has 2 N–H and O–H groups in total. The molecule has 5 amide bonds. The molecule has 1 fully saturated rings. The molecular formula is C26H20N4O8. The van der Waals surface area contributed by atoms with Gasteiger partial charge in [-0.1, -0.05) is 24.3 Å². The number of carbonyl (C=O) groups is 4. The van der Waals surface area contributed by atoms with E-state index in [-0.39, 0.29) is 29.3 Å². The molecule has 12 heteroatoms. The average molecular weight is 516 g/mol. The molecule has 12 nitrogen and oxygen atoms in total. The fourth-order valence-corrected chi connectivity index (χ4v) is 3.54. The first-order chi connectivity index (χ1) is 18.3. The van der Waals surface area contributed by atoms with Crippen LogP contribution in [0.1, 0.15) is 5.56 Å². The molecule has 3 aromatic carbocycles. The Kier molecular flexibility index (Phi) is 7.43. The molecule has 38 heavy (non-hydrogen) atoms. The van der Waals surface area contributed by atoms with Gasteiger partial charge in [-0.25, -0.2) is 9.69 Å². The first kappa shape index (κ1) is 25.6. The zero-order chi connectivity index (χ0) is 27.2. The lowest BCUT2D eigenvalue weighted by molar-refractivity contribution is -0.384. The van der Waals surface area contributed by atoms with Crippen LogP contribution in [-0.4, -0.2) is 42.4 Å². The van der Waals surface area contributed by atoms with Crippen LogP contribution >= 0.6 is 0 Å². The van der Waals surface area contributed by atoms with Gasteiger partial charge in [-0.3, -0.25) is 29.8 Å². The van der Waals surface area contributed by atoms with Crippen LogP contribution in [0.2, 0.25) is 0 Å². The largest absolute Gasteiger partial charge is 0.497 e. The highest BCUT2D eigenvalue weighted by Crippen LogP contribution is 2.27. The number of urea groups is 1. The minimum Gasteiger partial charge on any atom is -0.497 e. The predicted octanol–water partition coefficient (Wildman–Crippen LogP) is 3.29. The second-order valence-electron chi connectivity index (χ2n) is 7.84. The SMILES string of the molecule is COc1ccc(NC(=O)COc2ccccc2/C=C2/C(=O)NC(=O)N(c3cccc([N+](=O)[O-])c3)C2=O)cc1. The quantitative estimate of drug-likeness (QED) is 0.200. The van der Waals surface area contributed by atoms with E-state index < -0.39 is 34.2 Å². The van der Waals surface area contributed by atoms with Crippen molar-refractivity contribution in [2.45, 2.75) is 0 Å². The number of barbiturate groups is 1. The highest BCUT2D eigenvalue weighted by Gasteiger charge is 2.37. The first-order valence-corrected chi connectivity index (χ1v) is 11.1. The van der Waals surface area contributed by atoms with Crippen molar-refractivity contribution in [2.75, 3.05) is 23.9 Å². The van der Waals surface area contributed by atoms with Crippen molar-refractivity contribution in [3.8, 4) is 11.5 Å². The van der Waals surface area contributed by atoms with Crippen molar-refractivity contribution < 1.29 is 33.6 Å². The number of hydrogen-bond donors (Lipinski definition) is 2. The van der Waals surface area contributed by atoms with Gasteiger partial charge in [-0.2, -0.15) is 0 Å². The van der Waals surface area contributed by atoms with Gasteiger partial charge in [-0.05, 0) is 42.5 Å². The fraction of sp³-hybridized carbons (Fsp3) is 0.0769. The lowest BCUT2D eigenvalue weighted by Gasteiger charge is -2.26. The minimum atomic E-state index is -1.04. The van der Waals surface area contributed by atoms with Crippen LogP contribution in [0, 0.1) is 10.1 Å². The Labute approximate surface area is 215 Å². The van der Waals surface area contributed by atoms with E-state index >= 15 is 0 Å². The van der Waals surface area contributed by atoms with Crippen LogP contribution in [0.5, 0.6) is 11.5 Å². The van der Waals surface area contributed by atoms with Gasteiger partial charge in [0.05, 0.1) is 17.7 Å². The summed E-state index contributed by atoms with van der Waals surface area (Å²) in [5, 5.41) is 15.9. The molecular weight excluding hydrogens is 496 g/mol. The molecule has 0 aliphatic carbocycles. The number of nitro groups is 1. The van der Waals surface area contributed by atoms with Crippen LogP contribution < -0.4 is 25.0 Å². The van der Waals surface area contributed by atoms with E-state index in [1.165, 1.54) is 31.4 Å². The van der Waals surface area contributed by atoms with Crippen molar-refractivity contribution in [3.05, 3.63) is 94.0 Å². The molecule has 0 atom stereocenters. The Hall–Kier alpha value is -5.52. The number of rotatable bonds is 8. The molecule has 0 unspecified atom stereocenters. The monoisotopic (exact) mass is 516 g/mol. The number of methoxy groups -OCH3 is 1. The molecule has 1 heterocycles. The summed E-state index contributed by atoms with van der Waals surface area (Å²) in [6, 6.07) is 16.9. The molecule has 0 radical (unpaired) electrons. The van der Waals surface area contributed by atoms with Gasteiger partial charge in [0.25, 0.3) is 23.4 Å². The van der Waals surface area contributed by atoms with Crippen LogP contribution in [0.3, 0.4) is 0 Å². The number of imide groups is 2. The highest BCUT2D eigenvalue weighted by molar-refractivity contribution is 6.39. The van der Waals surface area contributed by atoms with Crippen LogP contribution in [0.15, 0.2) is 78.4 Å². The number of non-ortho nitro benzene ring substituents is 1. The normalized spacial score (nSPS) is 14.2. The molecule has 1 saturated heterocycles. The third-order valence-electron chi connectivity index (χ3n) is 5.35. The molecule has 0 bridgehead atoms. The van der Waals surface area contributed by atoms with E-state index in [1.807, 2.05) is 0 Å². The number of anilines is 2. The Morgan fingerprint density at radius 1 is 1.05 bits per heavy atom. The molecule has 3 aromatic rings. The number of para-hydroxylation sites is 1. The molecule has 0 saturated carbocycles. The van der Waals surface area contributed by atoms with Gasteiger partial charge < -0.3 is 14.8 Å². The Morgan fingerprint density at radius 3 is 2.50 bits per heavy atom. The van der Waals surface area contributed by atoms with E-state index in [0.717, 1.165) is 6.07 Å².